The molecule has 6 nitrogen and oxygen atoms in total. The van der Waals surface area contributed by atoms with E-state index in [1.807, 2.05) is 0 Å². The molecule has 0 spiro atoms. The van der Waals surface area contributed by atoms with Gasteiger partial charge in [0.05, 0.1) is 18.7 Å². The van der Waals surface area contributed by atoms with Crippen LogP contribution in [-0.4, -0.2) is 43.9 Å². The van der Waals surface area contributed by atoms with E-state index in [-0.39, 0.29) is 24.7 Å². The Balaban J connectivity index is 1.60. The molecule has 25 heavy (non-hydrogen) atoms. The van der Waals surface area contributed by atoms with E-state index in [1.165, 1.54) is 12.1 Å². The molecule has 0 bridgehead atoms. The van der Waals surface area contributed by atoms with Gasteiger partial charge in [0, 0.05) is 12.3 Å². The SMILES string of the molecule is O=C(NCC1CN(c2cccc(C(F)(F)F)c2)C(=O)O1)C1CCCO1. The van der Waals surface area contributed by atoms with Gasteiger partial charge in [-0.3, -0.25) is 9.69 Å². The number of nitrogens with zero attached hydrogens (tertiary/aromatic N) is 1. The Morgan fingerprint density at radius 3 is 2.84 bits per heavy atom. The summed E-state index contributed by atoms with van der Waals surface area (Å²) in [6.07, 6.45) is -4.89. The molecule has 3 rings (SSSR count). The second kappa shape index (κ2) is 6.91. The summed E-state index contributed by atoms with van der Waals surface area (Å²) in [6.45, 7) is 0.686. The van der Waals surface area contributed by atoms with Gasteiger partial charge in [-0.25, -0.2) is 4.79 Å². The Kier molecular flexibility index (Phi) is 4.85. The van der Waals surface area contributed by atoms with Crippen LogP contribution in [0.3, 0.4) is 0 Å². The summed E-state index contributed by atoms with van der Waals surface area (Å²) in [6, 6.07) is 4.47. The van der Waals surface area contributed by atoms with Crippen molar-refractivity contribution in [3.63, 3.8) is 0 Å². The minimum atomic E-state index is -4.49. The maximum Gasteiger partial charge on any atom is 0.416 e. The molecule has 1 aromatic carbocycles. The molecule has 9 heteroatoms. The van der Waals surface area contributed by atoms with E-state index in [0.29, 0.717) is 13.0 Å². The third-order valence-corrected chi connectivity index (χ3v) is 4.09. The molecule has 0 saturated carbocycles. The van der Waals surface area contributed by atoms with Gasteiger partial charge in [0.15, 0.2) is 0 Å². The van der Waals surface area contributed by atoms with E-state index in [9.17, 15) is 22.8 Å². The minimum Gasteiger partial charge on any atom is -0.442 e. The van der Waals surface area contributed by atoms with E-state index < -0.39 is 30.0 Å². The lowest BCUT2D eigenvalue weighted by atomic mass is 10.2. The summed E-state index contributed by atoms with van der Waals surface area (Å²) in [4.78, 5) is 24.9. The van der Waals surface area contributed by atoms with Crippen molar-refractivity contribution >= 4 is 17.7 Å². The fraction of sp³-hybridized carbons (Fsp3) is 0.500. The second-order valence-electron chi connectivity index (χ2n) is 5.91. The van der Waals surface area contributed by atoms with Gasteiger partial charge < -0.3 is 14.8 Å². The zero-order valence-corrected chi connectivity index (χ0v) is 13.2. The van der Waals surface area contributed by atoms with Gasteiger partial charge in [0.2, 0.25) is 5.91 Å². The first kappa shape index (κ1) is 17.5. The number of carbonyl (C=O) groups is 2. The Morgan fingerprint density at radius 1 is 1.36 bits per heavy atom. The van der Waals surface area contributed by atoms with Gasteiger partial charge in [-0.1, -0.05) is 6.07 Å². The van der Waals surface area contributed by atoms with Gasteiger partial charge in [0.1, 0.15) is 12.2 Å². The molecule has 2 aliphatic rings. The van der Waals surface area contributed by atoms with E-state index in [4.69, 9.17) is 9.47 Å². The summed E-state index contributed by atoms with van der Waals surface area (Å²) >= 11 is 0. The number of ether oxygens (including phenoxy) is 2. The van der Waals surface area contributed by atoms with Gasteiger partial charge in [-0.05, 0) is 31.0 Å². The van der Waals surface area contributed by atoms with Crippen molar-refractivity contribution in [3.8, 4) is 0 Å². The summed E-state index contributed by atoms with van der Waals surface area (Å²) < 4.78 is 48.7. The molecule has 0 aliphatic carbocycles. The van der Waals surface area contributed by atoms with Crippen molar-refractivity contribution in [1.29, 1.82) is 0 Å². The van der Waals surface area contributed by atoms with Gasteiger partial charge in [-0.15, -0.1) is 0 Å². The highest BCUT2D eigenvalue weighted by atomic mass is 19.4. The molecule has 2 aliphatic heterocycles. The van der Waals surface area contributed by atoms with Crippen molar-refractivity contribution in [3.05, 3.63) is 29.8 Å². The molecular weight excluding hydrogens is 341 g/mol. The van der Waals surface area contributed by atoms with Crippen molar-refractivity contribution in [2.75, 3.05) is 24.6 Å². The van der Waals surface area contributed by atoms with Crippen LogP contribution in [0.2, 0.25) is 0 Å². The molecule has 1 aromatic rings. The van der Waals surface area contributed by atoms with Crippen LogP contribution in [0.1, 0.15) is 18.4 Å². The van der Waals surface area contributed by atoms with Gasteiger partial charge in [0.25, 0.3) is 0 Å². The summed E-state index contributed by atoms with van der Waals surface area (Å²) in [5.74, 6) is -0.272. The van der Waals surface area contributed by atoms with E-state index in [0.717, 1.165) is 23.5 Å². The van der Waals surface area contributed by atoms with E-state index >= 15 is 0 Å². The number of halogens is 3. The monoisotopic (exact) mass is 358 g/mol. The van der Waals surface area contributed by atoms with Crippen molar-refractivity contribution < 1.29 is 32.2 Å². The maximum absolute atomic E-state index is 12.8. The predicted octanol–water partition coefficient (Wildman–Crippen LogP) is 2.33. The fourth-order valence-electron chi connectivity index (χ4n) is 2.80. The number of rotatable bonds is 4. The molecule has 2 heterocycles. The number of amides is 2. The Bertz CT molecular complexity index is 659. The smallest absolute Gasteiger partial charge is 0.416 e. The number of alkyl halides is 3. The zero-order chi connectivity index (χ0) is 18.0. The Hall–Kier alpha value is -2.29. The average molecular weight is 358 g/mol. The first-order valence-corrected chi connectivity index (χ1v) is 7.89. The lowest BCUT2D eigenvalue weighted by molar-refractivity contribution is -0.137. The van der Waals surface area contributed by atoms with Crippen LogP contribution in [0.15, 0.2) is 24.3 Å². The van der Waals surface area contributed by atoms with Crippen LogP contribution in [0, 0.1) is 0 Å². The number of nitrogens with one attached hydrogen (secondary N) is 1. The highest BCUT2D eigenvalue weighted by Crippen LogP contribution is 2.32. The second-order valence-corrected chi connectivity index (χ2v) is 5.91. The number of carbonyl (C=O) groups excluding carboxylic acids is 2. The number of anilines is 1. The maximum atomic E-state index is 12.8. The number of cyclic esters (lactones) is 1. The summed E-state index contributed by atoms with van der Waals surface area (Å²) in [5, 5.41) is 2.65. The minimum absolute atomic E-state index is 0.0615. The first-order chi connectivity index (χ1) is 11.8. The molecular formula is C16H17F3N2O4. The molecule has 2 atom stereocenters. The topological polar surface area (TPSA) is 67.9 Å². The molecule has 2 fully saturated rings. The quantitative estimate of drug-likeness (QED) is 0.897. The van der Waals surface area contributed by atoms with Crippen LogP contribution < -0.4 is 10.2 Å². The van der Waals surface area contributed by atoms with Crippen molar-refractivity contribution in [2.45, 2.75) is 31.2 Å². The fourth-order valence-corrected chi connectivity index (χ4v) is 2.80. The Labute approximate surface area is 141 Å². The molecule has 136 valence electrons. The van der Waals surface area contributed by atoms with Gasteiger partial charge in [-0.2, -0.15) is 13.2 Å². The number of hydrogen-bond donors (Lipinski definition) is 1. The third kappa shape index (κ3) is 4.04. The van der Waals surface area contributed by atoms with Crippen molar-refractivity contribution in [2.24, 2.45) is 0 Å². The third-order valence-electron chi connectivity index (χ3n) is 4.09. The predicted molar refractivity (Wildman–Crippen MR) is 81.0 cm³/mol. The number of hydrogen-bond acceptors (Lipinski definition) is 4. The zero-order valence-electron chi connectivity index (χ0n) is 13.2. The highest BCUT2D eigenvalue weighted by molar-refractivity contribution is 5.90. The first-order valence-electron chi connectivity index (χ1n) is 7.89. The van der Waals surface area contributed by atoms with Crippen LogP contribution >= 0.6 is 0 Å². The lowest BCUT2D eigenvalue weighted by Gasteiger charge is -2.15. The Morgan fingerprint density at radius 2 is 2.16 bits per heavy atom. The molecule has 0 aromatic heterocycles. The van der Waals surface area contributed by atoms with Crippen LogP contribution in [0.5, 0.6) is 0 Å². The van der Waals surface area contributed by atoms with E-state index in [1.54, 1.807) is 0 Å². The largest absolute Gasteiger partial charge is 0.442 e. The normalized spacial score (nSPS) is 23.6. The average Bonchev–Trinajstić information content (AvgIpc) is 3.22. The van der Waals surface area contributed by atoms with Gasteiger partial charge >= 0.3 is 12.3 Å². The van der Waals surface area contributed by atoms with Crippen molar-refractivity contribution in [1.82, 2.24) is 5.32 Å². The summed E-state index contributed by atoms with van der Waals surface area (Å²) in [5.41, 5.74) is -0.735. The molecule has 0 radical (unpaired) electrons. The van der Waals surface area contributed by atoms with E-state index in [2.05, 4.69) is 5.32 Å². The van der Waals surface area contributed by atoms with Crippen LogP contribution in [0.4, 0.5) is 23.7 Å². The number of benzene rings is 1. The summed E-state index contributed by atoms with van der Waals surface area (Å²) in [7, 11) is 0. The highest BCUT2D eigenvalue weighted by Gasteiger charge is 2.35. The standard InChI is InChI=1S/C16H17F3N2O4/c17-16(18,19)10-3-1-4-11(7-10)21-9-12(25-15(21)23)8-20-14(22)13-5-2-6-24-13/h1,3-4,7,12-13H,2,5-6,8-9H2,(H,20,22). The molecule has 2 amide bonds. The lowest BCUT2D eigenvalue weighted by Crippen LogP contribution is -2.40. The molecule has 2 unspecified atom stereocenters. The van der Waals surface area contributed by atoms with Crippen LogP contribution in [0.25, 0.3) is 0 Å². The molecule has 2 saturated heterocycles. The molecule has 1 N–H and O–H groups in total. The van der Waals surface area contributed by atoms with Crippen LogP contribution in [-0.2, 0) is 20.4 Å².